The number of carbonyl (C=O) groups excluding carboxylic acids is 1. The molecular formula is C29H37Cl2F3N4O2. The Labute approximate surface area is 245 Å². The van der Waals surface area contributed by atoms with Crippen LogP contribution in [0.5, 0.6) is 5.88 Å². The van der Waals surface area contributed by atoms with E-state index in [2.05, 4.69) is 15.0 Å². The Morgan fingerprint density at radius 3 is 2.62 bits per heavy atom. The summed E-state index contributed by atoms with van der Waals surface area (Å²) in [5.41, 5.74) is 2.30. The molecule has 2 aromatic heterocycles. The highest BCUT2D eigenvalue weighted by atomic mass is 35.5. The molecule has 0 saturated heterocycles. The highest BCUT2D eigenvalue weighted by Crippen LogP contribution is 2.39. The van der Waals surface area contributed by atoms with Crippen molar-refractivity contribution in [1.29, 1.82) is 0 Å². The van der Waals surface area contributed by atoms with Gasteiger partial charge in [0.25, 0.3) is 6.43 Å². The molecule has 0 N–H and O–H groups in total. The number of nitrogens with zero attached hydrogens (tertiary/aromatic N) is 4. The number of aryl methyl sites for hydroxylation is 1. The number of hydrogen-bond acceptors (Lipinski definition) is 5. The van der Waals surface area contributed by atoms with Crippen molar-refractivity contribution < 1.29 is 22.7 Å². The van der Waals surface area contributed by atoms with Gasteiger partial charge in [-0.1, -0.05) is 18.2 Å². The van der Waals surface area contributed by atoms with Gasteiger partial charge < -0.3 is 9.64 Å². The number of halogens is 5. The molecule has 5 rings (SSSR count). The monoisotopic (exact) mass is 600 g/mol. The molecule has 0 amide bonds. The Morgan fingerprint density at radius 2 is 1.88 bits per heavy atom. The highest BCUT2D eigenvalue weighted by molar-refractivity contribution is 6.07. The van der Waals surface area contributed by atoms with Gasteiger partial charge in [-0.15, -0.1) is 24.8 Å². The van der Waals surface area contributed by atoms with E-state index in [1.165, 1.54) is 0 Å². The maximum Gasteiger partial charge on any atom is 0.272 e. The minimum absolute atomic E-state index is 0. The van der Waals surface area contributed by atoms with Crippen LogP contribution in [0.25, 0.3) is 10.9 Å². The van der Waals surface area contributed by atoms with Crippen molar-refractivity contribution in [3.05, 3.63) is 53.3 Å². The number of ketones is 1. The van der Waals surface area contributed by atoms with Gasteiger partial charge in [-0.05, 0) is 56.1 Å². The quantitative estimate of drug-likeness (QED) is 0.265. The topological polar surface area (TPSA) is 60.2 Å². The van der Waals surface area contributed by atoms with Gasteiger partial charge in [0, 0.05) is 68.4 Å². The third-order valence-electron chi connectivity index (χ3n) is 8.08. The summed E-state index contributed by atoms with van der Waals surface area (Å²) in [5, 5.41) is 5.27. The second-order valence-corrected chi connectivity index (χ2v) is 10.8. The van der Waals surface area contributed by atoms with E-state index >= 15 is 4.39 Å². The van der Waals surface area contributed by atoms with E-state index < -0.39 is 18.7 Å². The van der Waals surface area contributed by atoms with Gasteiger partial charge >= 0.3 is 0 Å². The molecule has 3 aromatic rings. The molecule has 1 aliphatic carbocycles. The molecule has 1 aliphatic heterocycles. The molecule has 1 fully saturated rings. The Balaban J connectivity index is 0.00000220. The van der Waals surface area contributed by atoms with Crippen LogP contribution in [0.15, 0.2) is 36.5 Å². The van der Waals surface area contributed by atoms with Crippen molar-refractivity contribution >= 4 is 41.5 Å². The van der Waals surface area contributed by atoms with Crippen molar-refractivity contribution in [2.24, 2.45) is 13.0 Å². The van der Waals surface area contributed by atoms with Gasteiger partial charge in [-0.2, -0.15) is 5.10 Å². The molecule has 220 valence electrons. The van der Waals surface area contributed by atoms with E-state index in [4.69, 9.17) is 4.74 Å². The number of pyridine rings is 1. The number of carbonyl (C=O) groups is 1. The summed E-state index contributed by atoms with van der Waals surface area (Å²) < 4.78 is 47.4. The second-order valence-electron chi connectivity index (χ2n) is 10.8. The van der Waals surface area contributed by atoms with Crippen LogP contribution in [0.1, 0.15) is 60.1 Å². The minimum atomic E-state index is -2.53. The zero-order valence-electron chi connectivity index (χ0n) is 22.7. The van der Waals surface area contributed by atoms with Crippen LogP contribution in [-0.4, -0.2) is 63.8 Å². The zero-order valence-corrected chi connectivity index (χ0v) is 24.3. The number of alkyl halides is 3. The molecule has 2 aliphatic rings. The lowest BCUT2D eigenvalue weighted by Gasteiger charge is -2.35. The number of rotatable bonds is 9. The number of fused-ring (bicyclic) bond motifs is 2. The van der Waals surface area contributed by atoms with Gasteiger partial charge in [0.05, 0.1) is 5.52 Å². The normalized spacial score (nSPS) is 21.3. The van der Waals surface area contributed by atoms with Gasteiger partial charge in [0.1, 0.15) is 5.67 Å². The lowest BCUT2D eigenvalue weighted by molar-refractivity contribution is 0.0573. The van der Waals surface area contributed by atoms with E-state index in [0.29, 0.717) is 44.2 Å². The van der Waals surface area contributed by atoms with Crippen LogP contribution in [-0.2, 0) is 19.9 Å². The SMILES string of the molecule is Cl.Cl.Cn1cc2c(C(=O)CC3CCC(F)(CCN4CCc5ccc(OCC(F)F)nc5CC4)CC3)cccc2n1. The van der Waals surface area contributed by atoms with E-state index in [9.17, 15) is 13.6 Å². The van der Waals surface area contributed by atoms with E-state index in [1.807, 2.05) is 37.5 Å². The van der Waals surface area contributed by atoms with E-state index in [1.54, 1.807) is 10.7 Å². The van der Waals surface area contributed by atoms with Crippen molar-refractivity contribution in [3.63, 3.8) is 0 Å². The molecule has 1 aromatic carbocycles. The predicted octanol–water partition coefficient (Wildman–Crippen LogP) is 6.42. The Bertz CT molecular complexity index is 1280. The van der Waals surface area contributed by atoms with E-state index in [0.717, 1.165) is 54.5 Å². The summed E-state index contributed by atoms with van der Waals surface area (Å²) in [5.74, 6) is 0.548. The largest absolute Gasteiger partial charge is 0.472 e. The molecule has 11 heteroatoms. The van der Waals surface area contributed by atoms with Crippen LogP contribution in [0.2, 0.25) is 0 Å². The molecule has 0 atom stereocenters. The zero-order chi connectivity index (χ0) is 26.7. The van der Waals surface area contributed by atoms with Gasteiger partial charge in [-0.3, -0.25) is 9.48 Å². The minimum Gasteiger partial charge on any atom is -0.472 e. The first kappa shape index (κ1) is 32.2. The maximum absolute atomic E-state index is 15.7. The summed E-state index contributed by atoms with van der Waals surface area (Å²) in [6.07, 6.45) is 4.19. The lowest BCUT2D eigenvalue weighted by Crippen LogP contribution is -2.36. The highest BCUT2D eigenvalue weighted by Gasteiger charge is 2.36. The van der Waals surface area contributed by atoms with Crippen LogP contribution in [0, 0.1) is 5.92 Å². The number of hydrogen-bond donors (Lipinski definition) is 0. The first-order valence-corrected chi connectivity index (χ1v) is 13.5. The Kier molecular flexibility index (Phi) is 11.3. The van der Waals surface area contributed by atoms with Crippen molar-refractivity contribution in [3.8, 4) is 5.88 Å². The fourth-order valence-electron chi connectivity index (χ4n) is 5.85. The number of benzene rings is 1. The summed E-state index contributed by atoms with van der Waals surface area (Å²) in [4.78, 5) is 19.8. The van der Waals surface area contributed by atoms with Crippen LogP contribution < -0.4 is 4.74 Å². The molecule has 0 unspecified atom stereocenters. The smallest absolute Gasteiger partial charge is 0.272 e. The number of Topliss-reactive ketones (excluding diaryl/α,β-unsaturated/α-hetero) is 1. The third-order valence-corrected chi connectivity index (χ3v) is 8.08. The lowest BCUT2D eigenvalue weighted by atomic mass is 9.76. The summed E-state index contributed by atoms with van der Waals surface area (Å²) >= 11 is 0. The third kappa shape index (κ3) is 7.89. The molecule has 40 heavy (non-hydrogen) atoms. The molecule has 0 radical (unpaired) electrons. The number of aromatic nitrogens is 3. The molecule has 0 bridgehead atoms. The van der Waals surface area contributed by atoms with Crippen LogP contribution in [0.4, 0.5) is 13.2 Å². The van der Waals surface area contributed by atoms with Gasteiger partial charge in [0.15, 0.2) is 12.4 Å². The summed E-state index contributed by atoms with van der Waals surface area (Å²) in [6.45, 7) is 1.59. The van der Waals surface area contributed by atoms with E-state index in [-0.39, 0.29) is 42.4 Å². The van der Waals surface area contributed by atoms with Crippen molar-refractivity contribution in [2.75, 3.05) is 26.2 Å². The Hall–Kier alpha value is -2.36. The Morgan fingerprint density at radius 1 is 1.12 bits per heavy atom. The standard InChI is InChI=1S/C29H35F3N4O2.2ClH/c1-35-18-23-22(3-2-4-25(23)34-35)26(37)17-20-7-11-29(32,12-8-20)13-16-36-14-9-21-5-6-28(38-19-27(30)31)33-24(21)10-15-36;;/h2-6,18,20,27H,7-17,19H2,1H3;2*1H. The molecule has 6 nitrogen and oxygen atoms in total. The predicted molar refractivity (Wildman–Crippen MR) is 154 cm³/mol. The molecular weight excluding hydrogens is 564 g/mol. The molecule has 1 saturated carbocycles. The van der Waals surface area contributed by atoms with Gasteiger partial charge in [-0.25, -0.2) is 18.2 Å². The van der Waals surface area contributed by atoms with Crippen LogP contribution in [0.3, 0.4) is 0 Å². The van der Waals surface area contributed by atoms with Crippen molar-refractivity contribution in [1.82, 2.24) is 19.7 Å². The molecule has 3 heterocycles. The first-order chi connectivity index (χ1) is 18.3. The summed E-state index contributed by atoms with van der Waals surface area (Å²) in [6, 6.07) is 9.19. The van der Waals surface area contributed by atoms with Crippen LogP contribution >= 0.6 is 24.8 Å². The maximum atomic E-state index is 15.7. The molecule has 0 spiro atoms. The fraction of sp³-hybridized carbons (Fsp3) is 0.552. The fourth-order valence-corrected chi connectivity index (χ4v) is 5.85. The average molecular weight is 602 g/mol. The van der Waals surface area contributed by atoms with Gasteiger partial charge in [0.2, 0.25) is 5.88 Å². The average Bonchev–Trinajstić information content (AvgIpc) is 3.16. The number of ether oxygens (including phenoxy) is 1. The summed E-state index contributed by atoms with van der Waals surface area (Å²) in [7, 11) is 1.85. The first-order valence-electron chi connectivity index (χ1n) is 13.5. The van der Waals surface area contributed by atoms with Crippen molar-refractivity contribution in [2.45, 2.75) is 63.5 Å². The second kappa shape index (κ2) is 14.0.